The van der Waals surface area contributed by atoms with Crippen LogP contribution in [-0.4, -0.2) is 24.7 Å². The zero-order valence-electron chi connectivity index (χ0n) is 11.0. The number of hydrogen-bond acceptors (Lipinski definition) is 3. The highest BCUT2D eigenvalue weighted by Gasteiger charge is 2.30. The molecule has 0 saturated carbocycles. The van der Waals surface area contributed by atoms with Crippen LogP contribution in [0.3, 0.4) is 0 Å². The van der Waals surface area contributed by atoms with Crippen LogP contribution in [0.5, 0.6) is 0 Å². The minimum absolute atomic E-state index is 0.321. The van der Waals surface area contributed by atoms with Crippen LogP contribution in [0.15, 0.2) is 30.5 Å². The third-order valence-electron chi connectivity index (χ3n) is 2.84. The number of pyridine rings is 1. The SMILES string of the molecule is CCOCCNc1ccnc2cc(C(F)(F)F)ccc12. The lowest BCUT2D eigenvalue weighted by Crippen LogP contribution is -2.10. The van der Waals surface area contributed by atoms with Gasteiger partial charge in [0.1, 0.15) is 0 Å². The molecule has 1 aromatic heterocycles. The monoisotopic (exact) mass is 284 g/mol. The quantitative estimate of drug-likeness (QED) is 0.850. The second-order valence-electron chi connectivity index (χ2n) is 4.21. The van der Waals surface area contributed by atoms with E-state index < -0.39 is 11.7 Å². The third kappa shape index (κ3) is 3.39. The summed E-state index contributed by atoms with van der Waals surface area (Å²) in [6, 6.07) is 5.30. The molecule has 1 heterocycles. The molecule has 0 spiro atoms. The number of rotatable bonds is 5. The Balaban J connectivity index is 2.24. The van der Waals surface area contributed by atoms with Gasteiger partial charge in [-0.05, 0) is 25.1 Å². The minimum Gasteiger partial charge on any atom is -0.382 e. The molecule has 1 aromatic carbocycles. The Morgan fingerprint density at radius 3 is 2.75 bits per heavy atom. The van der Waals surface area contributed by atoms with E-state index in [-0.39, 0.29) is 0 Å². The Bertz CT molecular complexity index is 584. The normalized spacial score (nSPS) is 11.8. The van der Waals surface area contributed by atoms with Crippen molar-refractivity contribution in [3.05, 3.63) is 36.0 Å². The van der Waals surface area contributed by atoms with Crippen molar-refractivity contribution in [3.8, 4) is 0 Å². The number of hydrogen-bond donors (Lipinski definition) is 1. The molecule has 20 heavy (non-hydrogen) atoms. The molecular weight excluding hydrogens is 269 g/mol. The number of aromatic nitrogens is 1. The fourth-order valence-corrected chi connectivity index (χ4v) is 1.88. The van der Waals surface area contributed by atoms with Crippen molar-refractivity contribution >= 4 is 16.6 Å². The van der Waals surface area contributed by atoms with E-state index >= 15 is 0 Å². The van der Waals surface area contributed by atoms with E-state index in [0.29, 0.717) is 30.7 Å². The number of benzene rings is 1. The summed E-state index contributed by atoms with van der Waals surface area (Å²) in [4.78, 5) is 3.99. The number of nitrogens with zero attached hydrogens (tertiary/aromatic N) is 1. The molecule has 0 atom stereocenters. The Labute approximate surface area is 114 Å². The highest BCUT2D eigenvalue weighted by Crippen LogP contribution is 2.32. The minimum atomic E-state index is -4.35. The lowest BCUT2D eigenvalue weighted by Gasteiger charge is -2.11. The summed E-state index contributed by atoms with van der Waals surface area (Å²) in [6.07, 6.45) is -2.86. The molecule has 6 heteroatoms. The smallest absolute Gasteiger partial charge is 0.382 e. The van der Waals surface area contributed by atoms with E-state index in [0.717, 1.165) is 17.8 Å². The van der Waals surface area contributed by atoms with E-state index in [9.17, 15) is 13.2 Å². The van der Waals surface area contributed by atoms with Gasteiger partial charge in [-0.15, -0.1) is 0 Å². The van der Waals surface area contributed by atoms with Crippen LogP contribution in [0.2, 0.25) is 0 Å². The van der Waals surface area contributed by atoms with Gasteiger partial charge in [0.25, 0.3) is 0 Å². The third-order valence-corrected chi connectivity index (χ3v) is 2.84. The van der Waals surface area contributed by atoms with Crippen molar-refractivity contribution in [1.29, 1.82) is 0 Å². The first-order chi connectivity index (χ1) is 9.52. The second kappa shape index (κ2) is 6.09. The largest absolute Gasteiger partial charge is 0.416 e. The summed E-state index contributed by atoms with van der Waals surface area (Å²) in [5.74, 6) is 0. The van der Waals surface area contributed by atoms with Crippen LogP contribution in [0.1, 0.15) is 12.5 Å². The number of nitrogens with one attached hydrogen (secondary N) is 1. The maximum Gasteiger partial charge on any atom is 0.416 e. The highest BCUT2D eigenvalue weighted by atomic mass is 19.4. The Hall–Kier alpha value is -1.82. The van der Waals surface area contributed by atoms with Crippen molar-refractivity contribution in [2.45, 2.75) is 13.1 Å². The molecule has 0 aliphatic carbocycles. The first-order valence-corrected chi connectivity index (χ1v) is 6.30. The summed E-state index contributed by atoms with van der Waals surface area (Å²) in [5, 5.41) is 3.80. The molecule has 0 radical (unpaired) electrons. The van der Waals surface area contributed by atoms with Crippen LogP contribution in [0.25, 0.3) is 10.9 Å². The van der Waals surface area contributed by atoms with Gasteiger partial charge in [0, 0.05) is 30.4 Å². The van der Waals surface area contributed by atoms with Crippen LogP contribution in [0, 0.1) is 0 Å². The predicted molar refractivity (Wildman–Crippen MR) is 71.7 cm³/mol. The van der Waals surface area contributed by atoms with Crippen molar-refractivity contribution in [3.63, 3.8) is 0 Å². The summed E-state index contributed by atoms with van der Waals surface area (Å²) >= 11 is 0. The fraction of sp³-hybridized carbons (Fsp3) is 0.357. The average molecular weight is 284 g/mol. The number of ether oxygens (including phenoxy) is 1. The highest BCUT2D eigenvalue weighted by molar-refractivity contribution is 5.91. The molecule has 108 valence electrons. The first kappa shape index (κ1) is 14.6. The van der Waals surface area contributed by atoms with Crippen LogP contribution < -0.4 is 5.32 Å². The summed E-state index contributed by atoms with van der Waals surface area (Å²) < 4.78 is 43.1. The van der Waals surface area contributed by atoms with E-state index in [4.69, 9.17) is 4.74 Å². The fourth-order valence-electron chi connectivity index (χ4n) is 1.88. The first-order valence-electron chi connectivity index (χ1n) is 6.30. The zero-order valence-corrected chi connectivity index (χ0v) is 11.0. The molecular formula is C14H15F3N2O. The molecule has 3 nitrogen and oxygen atoms in total. The van der Waals surface area contributed by atoms with Gasteiger partial charge >= 0.3 is 6.18 Å². The van der Waals surface area contributed by atoms with E-state index in [2.05, 4.69) is 10.3 Å². The van der Waals surface area contributed by atoms with Gasteiger partial charge in [0.05, 0.1) is 17.7 Å². The van der Waals surface area contributed by atoms with Gasteiger partial charge in [-0.3, -0.25) is 4.98 Å². The predicted octanol–water partition coefficient (Wildman–Crippen LogP) is 3.70. The summed E-state index contributed by atoms with van der Waals surface area (Å²) in [6.45, 7) is 3.67. The molecule has 0 fully saturated rings. The maximum atomic E-state index is 12.6. The lowest BCUT2D eigenvalue weighted by atomic mass is 10.1. The van der Waals surface area contributed by atoms with E-state index in [1.165, 1.54) is 12.3 Å². The summed E-state index contributed by atoms with van der Waals surface area (Å²) in [5.41, 5.74) is 0.383. The number of fused-ring (bicyclic) bond motifs is 1. The second-order valence-corrected chi connectivity index (χ2v) is 4.21. The molecule has 0 saturated heterocycles. The van der Waals surface area contributed by atoms with Gasteiger partial charge in [0.15, 0.2) is 0 Å². The van der Waals surface area contributed by atoms with Crippen LogP contribution in [0.4, 0.5) is 18.9 Å². The van der Waals surface area contributed by atoms with Gasteiger partial charge < -0.3 is 10.1 Å². The Morgan fingerprint density at radius 2 is 2.05 bits per heavy atom. The number of anilines is 1. The molecule has 0 amide bonds. The molecule has 0 aliphatic rings. The van der Waals surface area contributed by atoms with E-state index in [1.807, 2.05) is 6.92 Å². The number of alkyl halides is 3. The number of halogens is 3. The molecule has 2 rings (SSSR count). The van der Waals surface area contributed by atoms with Crippen molar-refractivity contribution < 1.29 is 17.9 Å². The van der Waals surface area contributed by atoms with Crippen molar-refractivity contribution in [2.75, 3.05) is 25.1 Å². The molecule has 0 bridgehead atoms. The maximum absolute atomic E-state index is 12.6. The Morgan fingerprint density at radius 1 is 1.25 bits per heavy atom. The van der Waals surface area contributed by atoms with Gasteiger partial charge in [0.2, 0.25) is 0 Å². The lowest BCUT2D eigenvalue weighted by molar-refractivity contribution is -0.137. The van der Waals surface area contributed by atoms with Gasteiger partial charge in [-0.2, -0.15) is 13.2 Å². The molecule has 2 aromatic rings. The van der Waals surface area contributed by atoms with Crippen molar-refractivity contribution in [2.24, 2.45) is 0 Å². The van der Waals surface area contributed by atoms with Gasteiger partial charge in [-0.1, -0.05) is 6.07 Å². The zero-order chi connectivity index (χ0) is 14.6. The van der Waals surface area contributed by atoms with Crippen LogP contribution >= 0.6 is 0 Å². The standard InChI is InChI=1S/C14H15F3N2O/c1-2-20-8-7-19-12-5-6-18-13-9-10(14(15,16)17)3-4-11(12)13/h3-6,9H,2,7-8H2,1H3,(H,18,19). The average Bonchev–Trinajstić information content (AvgIpc) is 2.42. The van der Waals surface area contributed by atoms with Crippen LogP contribution in [-0.2, 0) is 10.9 Å². The topological polar surface area (TPSA) is 34.1 Å². The molecule has 0 unspecified atom stereocenters. The summed E-state index contributed by atoms with van der Waals surface area (Å²) in [7, 11) is 0. The molecule has 0 aliphatic heterocycles. The van der Waals surface area contributed by atoms with Gasteiger partial charge in [-0.25, -0.2) is 0 Å². The van der Waals surface area contributed by atoms with Crippen molar-refractivity contribution in [1.82, 2.24) is 4.98 Å². The Kier molecular flexibility index (Phi) is 4.44. The molecule has 1 N–H and O–H groups in total. The van der Waals surface area contributed by atoms with E-state index in [1.54, 1.807) is 6.07 Å².